The lowest BCUT2D eigenvalue weighted by Crippen LogP contribution is -2.23. The van der Waals surface area contributed by atoms with Crippen LogP contribution in [0.3, 0.4) is 0 Å². The molecule has 0 unspecified atom stereocenters. The number of anilines is 1. The van der Waals surface area contributed by atoms with Gasteiger partial charge in [-0.05, 0) is 23.0 Å². The number of amidine groups is 1. The molecule has 1 aromatic rings. The number of hydrogen-bond donors (Lipinski definition) is 3. The van der Waals surface area contributed by atoms with E-state index in [4.69, 9.17) is 5.41 Å². The molecule has 1 aromatic heterocycles. The molecule has 3 N–H and O–H groups in total. The molecule has 1 saturated carbocycles. The summed E-state index contributed by atoms with van der Waals surface area (Å²) in [5, 5.41) is 20.4. The second kappa shape index (κ2) is 4.80. The molecule has 1 amide bonds. The summed E-state index contributed by atoms with van der Waals surface area (Å²) in [7, 11) is 1.37. The Morgan fingerprint density at radius 3 is 2.33 bits per heavy atom. The molecular formula is C15H24N4O2. The largest absolute Gasteiger partial charge is 0.310 e. The maximum atomic E-state index is 12.3. The van der Waals surface area contributed by atoms with Crippen molar-refractivity contribution in [3.63, 3.8) is 0 Å². The lowest BCUT2D eigenvalue weighted by molar-refractivity contribution is -0.118. The van der Waals surface area contributed by atoms with Gasteiger partial charge in [-0.3, -0.25) is 15.4 Å². The first kappa shape index (κ1) is 15.4. The zero-order chi connectivity index (χ0) is 16.0. The van der Waals surface area contributed by atoms with Crippen LogP contribution < -0.4 is 5.32 Å². The number of carbonyl (C=O) groups excluding carboxylic acids is 1. The van der Waals surface area contributed by atoms with E-state index in [0.717, 1.165) is 0 Å². The van der Waals surface area contributed by atoms with Crippen LogP contribution in [0.25, 0.3) is 0 Å². The third-order valence-corrected chi connectivity index (χ3v) is 4.89. The average Bonchev–Trinajstić information content (AvgIpc) is 2.79. The first-order valence-corrected chi connectivity index (χ1v) is 6.87. The summed E-state index contributed by atoms with van der Waals surface area (Å²) in [5.74, 6) is 0.341. The smallest absolute Gasteiger partial charge is 0.229 e. The first-order valence-electron chi connectivity index (χ1n) is 6.87. The molecule has 116 valence electrons. The summed E-state index contributed by atoms with van der Waals surface area (Å²) < 4.78 is 0. The van der Waals surface area contributed by atoms with Crippen LogP contribution in [0.4, 0.5) is 5.82 Å². The lowest BCUT2D eigenvalue weighted by atomic mass is 10.0. The van der Waals surface area contributed by atoms with Crippen molar-refractivity contribution in [2.24, 2.45) is 16.7 Å². The molecule has 0 aromatic carbocycles. The van der Waals surface area contributed by atoms with Crippen molar-refractivity contribution < 1.29 is 11.4 Å². The molecule has 0 spiro atoms. The predicted molar refractivity (Wildman–Crippen MR) is 82.4 cm³/mol. The van der Waals surface area contributed by atoms with Crippen molar-refractivity contribution in [1.82, 2.24) is 10.0 Å². The minimum absolute atomic E-state index is 0. The van der Waals surface area contributed by atoms with Crippen LogP contribution in [0.15, 0.2) is 18.3 Å². The number of nitrogens with one attached hydrogen (secondary N) is 2. The Hall–Kier alpha value is -1.95. The second-order valence-corrected chi connectivity index (χ2v) is 6.67. The van der Waals surface area contributed by atoms with E-state index < -0.39 is 0 Å². The fourth-order valence-corrected chi connectivity index (χ4v) is 2.84. The van der Waals surface area contributed by atoms with Gasteiger partial charge < -0.3 is 5.32 Å². The molecule has 1 fully saturated rings. The topological polar surface area (TPSA) is 89.3 Å². The maximum absolute atomic E-state index is 12.3. The summed E-state index contributed by atoms with van der Waals surface area (Å²) in [6, 6.07) is 3.27. The number of pyridine rings is 1. The summed E-state index contributed by atoms with van der Waals surface area (Å²) >= 11 is 0. The molecule has 1 aliphatic carbocycles. The molecule has 0 aliphatic heterocycles. The first-order chi connectivity index (χ1) is 9.59. The quantitative estimate of drug-likeness (QED) is 0.454. The summed E-state index contributed by atoms with van der Waals surface area (Å²) in [4.78, 5) is 16.4. The van der Waals surface area contributed by atoms with Crippen molar-refractivity contribution in [3.05, 3.63) is 23.9 Å². The highest BCUT2D eigenvalue weighted by atomic mass is 16.5. The van der Waals surface area contributed by atoms with Gasteiger partial charge in [0.25, 0.3) is 0 Å². The zero-order valence-corrected chi connectivity index (χ0v) is 13.1. The van der Waals surface area contributed by atoms with Gasteiger partial charge in [0.05, 0.1) is 0 Å². The van der Waals surface area contributed by atoms with E-state index in [-0.39, 0.29) is 29.9 Å². The molecule has 0 saturated heterocycles. The molecule has 6 nitrogen and oxygen atoms in total. The molecule has 21 heavy (non-hydrogen) atoms. The van der Waals surface area contributed by atoms with Gasteiger partial charge in [-0.1, -0.05) is 27.7 Å². The maximum Gasteiger partial charge on any atom is 0.229 e. The molecule has 0 bridgehead atoms. The Morgan fingerprint density at radius 2 is 1.95 bits per heavy atom. The van der Waals surface area contributed by atoms with Gasteiger partial charge >= 0.3 is 0 Å². The van der Waals surface area contributed by atoms with Crippen LogP contribution in [0.1, 0.15) is 34.7 Å². The SMILES string of the molecule is CN(O)C(=N)c1ccc(NC(=O)C2C(C)(C)C2(C)C)nc1.[HH]. The van der Waals surface area contributed by atoms with Crippen LogP contribution in [0.2, 0.25) is 0 Å². The number of amides is 1. The van der Waals surface area contributed by atoms with E-state index in [1.807, 2.05) is 0 Å². The van der Waals surface area contributed by atoms with Crippen LogP contribution in [-0.4, -0.2) is 34.0 Å². The number of hydroxylamine groups is 2. The minimum atomic E-state index is -0.0511. The van der Waals surface area contributed by atoms with E-state index >= 15 is 0 Å². The van der Waals surface area contributed by atoms with Crippen LogP contribution in [-0.2, 0) is 4.79 Å². The highest BCUT2D eigenvalue weighted by molar-refractivity contribution is 5.97. The monoisotopic (exact) mass is 292 g/mol. The van der Waals surface area contributed by atoms with E-state index in [9.17, 15) is 10.0 Å². The number of rotatable bonds is 3. The van der Waals surface area contributed by atoms with Crippen LogP contribution in [0.5, 0.6) is 0 Å². The van der Waals surface area contributed by atoms with E-state index in [1.54, 1.807) is 12.1 Å². The minimum Gasteiger partial charge on any atom is -0.310 e. The molecule has 1 aliphatic rings. The van der Waals surface area contributed by atoms with Gasteiger partial charge in [0.1, 0.15) is 5.82 Å². The molecule has 2 rings (SSSR count). The van der Waals surface area contributed by atoms with Gasteiger partial charge in [0.2, 0.25) is 5.91 Å². The van der Waals surface area contributed by atoms with Crippen molar-refractivity contribution in [1.29, 1.82) is 5.41 Å². The van der Waals surface area contributed by atoms with E-state index in [2.05, 4.69) is 38.0 Å². The predicted octanol–water partition coefficient (Wildman–Crippen LogP) is 2.59. The summed E-state index contributed by atoms with van der Waals surface area (Å²) in [5.41, 5.74) is 0.447. The van der Waals surface area contributed by atoms with Crippen molar-refractivity contribution in [3.8, 4) is 0 Å². The number of nitrogens with zero attached hydrogens (tertiary/aromatic N) is 2. The summed E-state index contributed by atoms with van der Waals surface area (Å²) in [6.45, 7) is 8.36. The molecule has 1 heterocycles. The normalized spacial score (nSPS) is 19.0. The third kappa shape index (κ3) is 2.51. The van der Waals surface area contributed by atoms with Gasteiger partial charge in [-0.15, -0.1) is 0 Å². The van der Waals surface area contributed by atoms with Gasteiger partial charge in [-0.2, -0.15) is 0 Å². The van der Waals surface area contributed by atoms with E-state index in [0.29, 0.717) is 16.4 Å². The Kier molecular flexibility index (Phi) is 3.53. The highest BCUT2D eigenvalue weighted by Crippen LogP contribution is 2.68. The Bertz CT molecular complexity index is 568. The average molecular weight is 292 g/mol. The third-order valence-electron chi connectivity index (χ3n) is 4.89. The fourth-order valence-electron chi connectivity index (χ4n) is 2.84. The Morgan fingerprint density at radius 1 is 1.38 bits per heavy atom. The number of carbonyl (C=O) groups is 1. The Labute approximate surface area is 126 Å². The highest BCUT2D eigenvalue weighted by Gasteiger charge is 2.68. The zero-order valence-electron chi connectivity index (χ0n) is 13.1. The van der Waals surface area contributed by atoms with Crippen molar-refractivity contribution in [2.75, 3.05) is 12.4 Å². The Balaban J connectivity index is 0.00000242. The second-order valence-electron chi connectivity index (χ2n) is 6.67. The molecule has 6 heteroatoms. The van der Waals surface area contributed by atoms with Crippen molar-refractivity contribution in [2.45, 2.75) is 27.7 Å². The van der Waals surface area contributed by atoms with Gasteiger partial charge in [0, 0.05) is 26.2 Å². The standard InChI is InChI=1S/C15H22N4O2.H2/c1-14(2)11(15(14,3)4)13(20)18-10-7-6-9(8-17-10)12(16)19(5)21;/h6-8,11,16,21H,1-5H3,(H,17,18,20);1H. The number of hydrogen-bond acceptors (Lipinski definition) is 4. The van der Waals surface area contributed by atoms with Crippen LogP contribution in [0, 0.1) is 22.2 Å². The summed E-state index contributed by atoms with van der Waals surface area (Å²) in [6.07, 6.45) is 1.45. The fraction of sp³-hybridized carbons (Fsp3) is 0.533. The van der Waals surface area contributed by atoms with Crippen molar-refractivity contribution >= 4 is 17.6 Å². The van der Waals surface area contributed by atoms with Crippen LogP contribution >= 0.6 is 0 Å². The van der Waals surface area contributed by atoms with E-state index in [1.165, 1.54) is 13.2 Å². The van der Waals surface area contributed by atoms with Gasteiger partial charge in [-0.25, -0.2) is 10.0 Å². The molecule has 0 atom stereocenters. The molecular weight excluding hydrogens is 268 g/mol. The molecule has 0 radical (unpaired) electrons. The number of aromatic nitrogens is 1. The van der Waals surface area contributed by atoms with Gasteiger partial charge in [0.15, 0.2) is 5.84 Å². The lowest BCUT2D eigenvalue weighted by Gasteiger charge is -2.11.